The third kappa shape index (κ3) is 3.73. The van der Waals surface area contributed by atoms with Crippen molar-refractivity contribution in [3.8, 4) is 0 Å². The second kappa shape index (κ2) is 6.76. The van der Waals surface area contributed by atoms with Gasteiger partial charge in [-0.2, -0.15) is 0 Å². The molecule has 1 heterocycles. The normalized spacial score (nSPS) is 12.6. The summed E-state index contributed by atoms with van der Waals surface area (Å²) in [6.07, 6.45) is 2.32. The monoisotopic (exact) mass is 270 g/mol. The van der Waals surface area contributed by atoms with Gasteiger partial charge in [-0.3, -0.25) is 0 Å². The van der Waals surface area contributed by atoms with Crippen LogP contribution >= 0.6 is 0 Å². The summed E-state index contributed by atoms with van der Waals surface area (Å²) in [6, 6.07) is 13.5. The summed E-state index contributed by atoms with van der Waals surface area (Å²) < 4.78 is 2.26. The van der Waals surface area contributed by atoms with Gasteiger partial charge < -0.3 is 9.88 Å². The molecule has 2 aromatic rings. The predicted octanol–water partition coefficient (Wildman–Crippen LogP) is 3.75. The number of rotatable bonds is 6. The zero-order valence-corrected chi connectivity index (χ0v) is 13.1. The lowest BCUT2D eigenvalue weighted by molar-refractivity contribution is 0.513. The average Bonchev–Trinajstić information content (AvgIpc) is 2.71. The number of nitrogens with one attached hydrogen (secondary N) is 1. The fourth-order valence-electron chi connectivity index (χ4n) is 2.53. The summed E-state index contributed by atoms with van der Waals surface area (Å²) in [4.78, 5) is 0. The molecule has 0 fully saturated rings. The lowest BCUT2D eigenvalue weighted by Gasteiger charge is -2.14. The first kappa shape index (κ1) is 14.9. The molecule has 0 amide bonds. The highest BCUT2D eigenvalue weighted by Gasteiger charge is 2.07. The number of aryl methyl sites for hydroxylation is 2. The molecular formula is C18H26N2. The van der Waals surface area contributed by atoms with Crippen molar-refractivity contribution in [2.75, 3.05) is 0 Å². The number of benzene rings is 1. The molecule has 1 N–H and O–H groups in total. The molecule has 0 saturated heterocycles. The highest BCUT2D eigenvalue weighted by Crippen LogP contribution is 2.13. The zero-order chi connectivity index (χ0) is 14.5. The summed E-state index contributed by atoms with van der Waals surface area (Å²) in [5.74, 6) is 0. The van der Waals surface area contributed by atoms with Gasteiger partial charge in [0.2, 0.25) is 0 Å². The van der Waals surface area contributed by atoms with Crippen LogP contribution in [0.2, 0.25) is 0 Å². The first-order valence-electron chi connectivity index (χ1n) is 7.47. The SMILES string of the molecule is Cc1cc(CNC(C)CCc2ccccc2)c(C)n1C. The van der Waals surface area contributed by atoms with Gasteiger partial charge in [-0.05, 0) is 50.8 Å². The largest absolute Gasteiger partial charge is 0.352 e. The molecule has 0 aliphatic carbocycles. The van der Waals surface area contributed by atoms with E-state index in [0.29, 0.717) is 6.04 Å². The van der Waals surface area contributed by atoms with Gasteiger partial charge in [0.15, 0.2) is 0 Å². The van der Waals surface area contributed by atoms with Crippen molar-refractivity contribution in [1.29, 1.82) is 0 Å². The highest BCUT2D eigenvalue weighted by atomic mass is 15.0. The van der Waals surface area contributed by atoms with Crippen molar-refractivity contribution in [3.63, 3.8) is 0 Å². The maximum Gasteiger partial charge on any atom is 0.0225 e. The Hall–Kier alpha value is -1.54. The van der Waals surface area contributed by atoms with Gasteiger partial charge in [-0.15, -0.1) is 0 Å². The smallest absolute Gasteiger partial charge is 0.0225 e. The van der Waals surface area contributed by atoms with E-state index in [4.69, 9.17) is 0 Å². The Balaban J connectivity index is 1.80. The molecule has 0 radical (unpaired) electrons. The molecular weight excluding hydrogens is 244 g/mol. The van der Waals surface area contributed by atoms with E-state index in [1.54, 1.807) is 0 Å². The molecule has 0 spiro atoms. The molecule has 1 atom stereocenters. The molecule has 2 rings (SSSR count). The van der Waals surface area contributed by atoms with Crippen LogP contribution in [0.25, 0.3) is 0 Å². The summed E-state index contributed by atoms with van der Waals surface area (Å²) in [5, 5.41) is 3.64. The van der Waals surface area contributed by atoms with Crippen LogP contribution in [-0.4, -0.2) is 10.6 Å². The topological polar surface area (TPSA) is 17.0 Å². The number of hydrogen-bond acceptors (Lipinski definition) is 1. The van der Waals surface area contributed by atoms with Crippen molar-refractivity contribution in [3.05, 3.63) is 58.9 Å². The Bertz CT molecular complexity index is 540. The zero-order valence-electron chi connectivity index (χ0n) is 13.1. The number of hydrogen-bond donors (Lipinski definition) is 1. The molecule has 0 bridgehead atoms. The minimum Gasteiger partial charge on any atom is -0.352 e. The Kier molecular flexibility index (Phi) is 5.02. The summed E-state index contributed by atoms with van der Waals surface area (Å²) in [7, 11) is 2.13. The van der Waals surface area contributed by atoms with Crippen LogP contribution in [0.4, 0.5) is 0 Å². The van der Waals surface area contributed by atoms with Crippen LogP contribution in [0.15, 0.2) is 36.4 Å². The lowest BCUT2D eigenvalue weighted by atomic mass is 10.1. The maximum absolute atomic E-state index is 3.64. The fraction of sp³-hybridized carbons (Fsp3) is 0.444. The van der Waals surface area contributed by atoms with Crippen LogP contribution < -0.4 is 5.32 Å². The Morgan fingerprint density at radius 3 is 2.45 bits per heavy atom. The van der Waals surface area contributed by atoms with Crippen LogP contribution in [0.1, 0.15) is 35.9 Å². The summed E-state index contributed by atoms with van der Waals surface area (Å²) in [5.41, 5.74) is 5.53. The van der Waals surface area contributed by atoms with Crippen LogP contribution in [0.5, 0.6) is 0 Å². The van der Waals surface area contributed by atoms with Gasteiger partial charge in [-0.25, -0.2) is 0 Å². The van der Waals surface area contributed by atoms with Crippen molar-refractivity contribution in [2.45, 2.75) is 46.2 Å². The molecule has 20 heavy (non-hydrogen) atoms. The summed E-state index contributed by atoms with van der Waals surface area (Å²) >= 11 is 0. The van der Waals surface area contributed by atoms with Gasteiger partial charge in [0.05, 0.1) is 0 Å². The molecule has 0 aliphatic heterocycles. The van der Waals surface area contributed by atoms with Gasteiger partial charge >= 0.3 is 0 Å². The van der Waals surface area contributed by atoms with Gasteiger partial charge in [-0.1, -0.05) is 30.3 Å². The third-order valence-corrected chi connectivity index (χ3v) is 4.23. The molecule has 1 aromatic heterocycles. The van der Waals surface area contributed by atoms with Crippen molar-refractivity contribution in [1.82, 2.24) is 9.88 Å². The first-order chi connectivity index (χ1) is 9.58. The van der Waals surface area contributed by atoms with E-state index in [2.05, 4.69) is 74.1 Å². The van der Waals surface area contributed by atoms with Crippen LogP contribution in [0.3, 0.4) is 0 Å². The average molecular weight is 270 g/mol. The van der Waals surface area contributed by atoms with E-state index < -0.39 is 0 Å². The predicted molar refractivity (Wildman–Crippen MR) is 86.0 cm³/mol. The van der Waals surface area contributed by atoms with Gasteiger partial charge in [0.1, 0.15) is 0 Å². The maximum atomic E-state index is 3.64. The molecule has 1 aromatic carbocycles. The second-order valence-corrected chi connectivity index (χ2v) is 5.76. The third-order valence-electron chi connectivity index (χ3n) is 4.23. The van der Waals surface area contributed by atoms with Crippen LogP contribution in [0, 0.1) is 13.8 Å². The molecule has 0 saturated carbocycles. The van der Waals surface area contributed by atoms with E-state index in [9.17, 15) is 0 Å². The second-order valence-electron chi connectivity index (χ2n) is 5.76. The highest BCUT2D eigenvalue weighted by molar-refractivity contribution is 5.26. The minimum atomic E-state index is 0.537. The van der Waals surface area contributed by atoms with Gasteiger partial charge in [0, 0.05) is 31.0 Å². The van der Waals surface area contributed by atoms with Gasteiger partial charge in [0.25, 0.3) is 0 Å². The van der Waals surface area contributed by atoms with Crippen molar-refractivity contribution in [2.24, 2.45) is 7.05 Å². The number of nitrogens with zero attached hydrogens (tertiary/aromatic N) is 1. The van der Waals surface area contributed by atoms with Crippen LogP contribution in [-0.2, 0) is 20.0 Å². The first-order valence-corrected chi connectivity index (χ1v) is 7.47. The quantitative estimate of drug-likeness (QED) is 0.846. The Labute approximate surface area is 122 Å². The molecule has 2 heteroatoms. The fourth-order valence-corrected chi connectivity index (χ4v) is 2.53. The van der Waals surface area contributed by atoms with E-state index in [0.717, 1.165) is 13.0 Å². The van der Waals surface area contributed by atoms with Crippen molar-refractivity contribution < 1.29 is 0 Å². The lowest BCUT2D eigenvalue weighted by Crippen LogP contribution is -2.26. The molecule has 2 nitrogen and oxygen atoms in total. The van der Waals surface area contributed by atoms with E-state index in [1.165, 1.54) is 28.9 Å². The van der Waals surface area contributed by atoms with Crippen molar-refractivity contribution >= 4 is 0 Å². The van der Waals surface area contributed by atoms with E-state index in [-0.39, 0.29) is 0 Å². The van der Waals surface area contributed by atoms with E-state index >= 15 is 0 Å². The molecule has 0 aliphatic rings. The Morgan fingerprint density at radius 1 is 1.15 bits per heavy atom. The van der Waals surface area contributed by atoms with E-state index in [1.807, 2.05) is 0 Å². The molecule has 1 unspecified atom stereocenters. The Morgan fingerprint density at radius 2 is 1.85 bits per heavy atom. The summed E-state index contributed by atoms with van der Waals surface area (Å²) in [6.45, 7) is 7.59. The molecule has 108 valence electrons. The minimum absolute atomic E-state index is 0.537. The number of aromatic nitrogens is 1. The standard InChI is InChI=1S/C18H26N2/c1-14(10-11-17-8-6-5-7-9-17)19-13-18-12-15(2)20(4)16(18)3/h5-9,12,14,19H,10-11,13H2,1-4H3.